The number of halogens is 2. The maximum atomic E-state index is 13.8. The van der Waals surface area contributed by atoms with Gasteiger partial charge in [-0.2, -0.15) is 0 Å². The molecule has 0 saturated carbocycles. The third-order valence-corrected chi connectivity index (χ3v) is 3.40. The van der Waals surface area contributed by atoms with Crippen LogP contribution in [0.5, 0.6) is 5.75 Å². The normalized spacial score (nSPS) is 10.5. The van der Waals surface area contributed by atoms with Gasteiger partial charge < -0.3 is 10.1 Å². The highest BCUT2D eigenvalue weighted by atomic mass is 127. The van der Waals surface area contributed by atoms with Crippen molar-refractivity contribution in [2.24, 2.45) is 0 Å². The molecule has 4 heteroatoms. The predicted octanol–water partition coefficient (Wildman–Crippen LogP) is 3.73. The van der Waals surface area contributed by atoms with Gasteiger partial charge in [-0.15, -0.1) is 0 Å². The molecule has 0 aliphatic heterocycles. The van der Waals surface area contributed by atoms with E-state index >= 15 is 0 Å². The van der Waals surface area contributed by atoms with Crippen molar-refractivity contribution in [3.05, 3.63) is 63.0 Å². The third-order valence-electron chi connectivity index (χ3n) is 2.68. The van der Waals surface area contributed by atoms with Gasteiger partial charge in [-0.25, -0.2) is 4.39 Å². The van der Waals surface area contributed by atoms with Crippen molar-refractivity contribution in [1.82, 2.24) is 5.32 Å². The molecule has 2 aromatic carbocycles. The van der Waals surface area contributed by atoms with Gasteiger partial charge in [-0.05, 0) is 65.0 Å². The summed E-state index contributed by atoms with van der Waals surface area (Å²) in [6.45, 7) is 1.02. The number of hydrogen-bond donors (Lipinski definition) is 1. The van der Waals surface area contributed by atoms with Crippen LogP contribution < -0.4 is 10.1 Å². The summed E-state index contributed by atoms with van der Waals surface area (Å²) >= 11 is 2.25. The van der Waals surface area contributed by atoms with Gasteiger partial charge in [0, 0.05) is 10.1 Å². The largest absolute Gasteiger partial charge is 0.486 e. The van der Waals surface area contributed by atoms with Crippen molar-refractivity contribution >= 4 is 22.6 Å². The molecule has 2 nitrogen and oxygen atoms in total. The highest BCUT2D eigenvalue weighted by molar-refractivity contribution is 14.1. The molecule has 19 heavy (non-hydrogen) atoms. The van der Waals surface area contributed by atoms with E-state index in [0.717, 1.165) is 11.1 Å². The topological polar surface area (TPSA) is 21.3 Å². The summed E-state index contributed by atoms with van der Waals surface area (Å²) in [5, 5.41) is 2.99. The minimum Gasteiger partial charge on any atom is -0.486 e. The molecule has 0 aromatic heterocycles. The lowest BCUT2D eigenvalue weighted by molar-refractivity contribution is 0.290. The Labute approximate surface area is 126 Å². The molecule has 0 amide bonds. The van der Waals surface area contributed by atoms with Gasteiger partial charge >= 0.3 is 0 Å². The Morgan fingerprint density at radius 2 is 1.79 bits per heavy atom. The summed E-state index contributed by atoms with van der Waals surface area (Å²) < 4.78 is 20.5. The fourth-order valence-electron chi connectivity index (χ4n) is 1.72. The van der Waals surface area contributed by atoms with E-state index in [1.165, 1.54) is 9.64 Å². The first-order chi connectivity index (χ1) is 9.19. The molecule has 0 atom stereocenters. The van der Waals surface area contributed by atoms with Gasteiger partial charge in [-0.3, -0.25) is 0 Å². The van der Waals surface area contributed by atoms with Gasteiger partial charge in [0.2, 0.25) is 0 Å². The van der Waals surface area contributed by atoms with E-state index in [0.29, 0.717) is 18.9 Å². The van der Waals surface area contributed by atoms with E-state index < -0.39 is 0 Å². The number of hydrogen-bond acceptors (Lipinski definition) is 2. The third kappa shape index (κ3) is 4.18. The Kier molecular flexibility index (Phi) is 5.15. The first kappa shape index (κ1) is 14.3. The molecule has 100 valence electrons. The zero-order valence-corrected chi connectivity index (χ0v) is 12.8. The van der Waals surface area contributed by atoms with Crippen LogP contribution in [0.15, 0.2) is 42.5 Å². The average molecular weight is 371 g/mol. The average Bonchev–Trinajstić information content (AvgIpc) is 2.40. The highest BCUT2D eigenvalue weighted by Crippen LogP contribution is 2.20. The van der Waals surface area contributed by atoms with E-state index in [1.54, 1.807) is 6.07 Å². The van der Waals surface area contributed by atoms with Gasteiger partial charge in [0.25, 0.3) is 0 Å². The minimum atomic E-state index is -0.321. The molecule has 0 spiro atoms. The first-order valence-electron chi connectivity index (χ1n) is 5.99. The van der Waals surface area contributed by atoms with Crippen molar-refractivity contribution in [3.8, 4) is 5.75 Å². The standard InChI is InChI=1S/C15H15FINO/c1-18-9-12-4-7-15(14(16)8-12)19-10-11-2-5-13(17)6-3-11/h2-8,18H,9-10H2,1H3. The molecular weight excluding hydrogens is 356 g/mol. The van der Waals surface area contributed by atoms with Gasteiger partial charge in [0.05, 0.1) is 0 Å². The molecular formula is C15H15FINO. The van der Waals surface area contributed by atoms with Gasteiger partial charge in [0.15, 0.2) is 11.6 Å². The molecule has 0 bridgehead atoms. The van der Waals surface area contributed by atoms with E-state index in [2.05, 4.69) is 27.9 Å². The molecule has 0 aliphatic carbocycles. The number of benzene rings is 2. The van der Waals surface area contributed by atoms with Crippen LogP contribution in [0.1, 0.15) is 11.1 Å². The van der Waals surface area contributed by atoms with Crippen LogP contribution in [0.3, 0.4) is 0 Å². The van der Waals surface area contributed by atoms with Crippen molar-refractivity contribution in [1.29, 1.82) is 0 Å². The van der Waals surface area contributed by atoms with Crippen molar-refractivity contribution in [3.63, 3.8) is 0 Å². The van der Waals surface area contributed by atoms with Gasteiger partial charge in [-0.1, -0.05) is 18.2 Å². The molecule has 0 fully saturated rings. The zero-order chi connectivity index (χ0) is 13.7. The van der Waals surface area contributed by atoms with Crippen LogP contribution in [-0.4, -0.2) is 7.05 Å². The second kappa shape index (κ2) is 6.86. The smallest absolute Gasteiger partial charge is 0.165 e. The molecule has 0 heterocycles. The lowest BCUT2D eigenvalue weighted by Crippen LogP contribution is -2.05. The lowest BCUT2D eigenvalue weighted by Gasteiger charge is -2.09. The Morgan fingerprint density at radius 3 is 2.42 bits per heavy atom. The van der Waals surface area contributed by atoms with Crippen molar-refractivity contribution < 1.29 is 9.13 Å². The van der Waals surface area contributed by atoms with Crippen molar-refractivity contribution in [2.45, 2.75) is 13.2 Å². The number of rotatable bonds is 5. The maximum Gasteiger partial charge on any atom is 0.165 e. The van der Waals surface area contributed by atoms with E-state index in [1.807, 2.05) is 37.4 Å². The molecule has 1 N–H and O–H groups in total. The molecule has 0 unspecified atom stereocenters. The quantitative estimate of drug-likeness (QED) is 0.809. The Bertz CT molecular complexity index is 542. The van der Waals surface area contributed by atoms with E-state index in [4.69, 9.17) is 4.74 Å². The summed E-state index contributed by atoms with van der Waals surface area (Å²) in [7, 11) is 1.83. The van der Waals surface area contributed by atoms with Crippen LogP contribution in [0.2, 0.25) is 0 Å². The molecule has 2 rings (SSSR count). The van der Waals surface area contributed by atoms with Crippen LogP contribution in [0, 0.1) is 9.39 Å². The number of ether oxygens (including phenoxy) is 1. The monoisotopic (exact) mass is 371 g/mol. The second-order valence-corrected chi connectivity index (χ2v) is 5.46. The van der Waals surface area contributed by atoms with Crippen LogP contribution in [0.25, 0.3) is 0 Å². The Morgan fingerprint density at radius 1 is 1.11 bits per heavy atom. The summed E-state index contributed by atoms with van der Waals surface area (Å²) in [6, 6.07) is 13.0. The summed E-state index contributed by atoms with van der Waals surface area (Å²) in [6.07, 6.45) is 0. The Balaban J connectivity index is 2.01. The zero-order valence-electron chi connectivity index (χ0n) is 10.6. The molecule has 2 aromatic rings. The van der Waals surface area contributed by atoms with Gasteiger partial charge in [0.1, 0.15) is 6.61 Å². The highest BCUT2D eigenvalue weighted by Gasteiger charge is 2.05. The van der Waals surface area contributed by atoms with Crippen LogP contribution in [-0.2, 0) is 13.2 Å². The summed E-state index contributed by atoms with van der Waals surface area (Å²) in [5.74, 6) is -0.0309. The molecule has 0 saturated heterocycles. The second-order valence-electron chi connectivity index (χ2n) is 4.21. The van der Waals surface area contributed by atoms with E-state index in [9.17, 15) is 4.39 Å². The lowest BCUT2D eigenvalue weighted by atomic mass is 10.2. The SMILES string of the molecule is CNCc1ccc(OCc2ccc(I)cc2)c(F)c1. The maximum absolute atomic E-state index is 13.8. The fraction of sp³-hybridized carbons (Fsp3) is 0.200. The van der Waals surface area contributed by atoms with E-state index in [-0.39, 0.29) is 5.82 Å². The van der Waals surface area contributed by atoms with Crippen LogP contribution >= 0.6 is 22.6 Å². The molecule has 0 aliphatic rings. The summed E-state index contributed by atoms with van der Waals surface area (Å²) in [4.78, 5) is 0. The minimum absolute atomic E-state index is 0.290. The van der Waals surface area contributed by atoms with Crippen molar-refractivity contribution in [2.75, 3.05) is 7.05 Å². The fourth-order valence-corrected chi connectivity index (χ4v) is 2.08. The molecule has 0 radical (unpaired) electrons. The Hall–Kier alpha value is -1.14. The summed E-state index contributed by atoms with van der Waals surface area (Å²) in [5.41, 5.74) is 1.93. The van der Waals surface area contributed by atoms with Crippen LogP contribution in [0.4, 0.5) is 4.39 Å². The predicted molar refractivity (Wildman–Crippen MR) is 82.7 cm³/mol. The first-order valence-corrected chi connectivity index (χ1v) is 7.07. The number of nitrogens with one attached hydrogen (secondary N) is 1.